The average molecular weight is 106 g/mol. The lowest BCUT2D eigenvalue weighted by atomic mass is 10.8. The first-order valence-corrected chi connectivity index (χ1v) is 2.51. The average Bonchev–Trinajstić information content (AvgIpc) is 1.36. The Morgan fingerprint density at radius 3 is 2.17 bits per heavy atom. The van der Waals surface area contributed by atoms with Crippen molar-refractivity contribution in [1.82, 2.24) is 0 Å². The molecule has 1 unspecified atom stereocenters. The van der Waals surface area contributed by atoms with Gasteiger partial charge in [-0.25, -0.2) is 4.21 Å². The van der Waals surface area contributed by atoms with Crippen LogP contribution in [0.15, 0.2) is 11.5 Å². The second-order valence-corrected chi connectivity index (χ2v) is 2.15. The van der Waals surface area contributed by atoms with Crippen LogP contribution in [0.5, 0.6) is 0 Å². The van der Waals surface area contributed by atoms with Crippen LogP contribution in [0.2, 0.25) is 0 Å². The van der Waals surface area contributed by atoms with Crippen molar-refractivity contribution in [1.29, 1.82) is 0 Å². The maximum absolute atomic E-state index is 9.71. The minimum atomic E-state index is -1.81. The highest BCUT2D eigenvalue weighted by Crippen LogP contribution is 1.87. The molecular weight excluding hydrogens is 100 g/mol. The van der Waals surface area contributed by atoms with Gasteiger partial charge in [0.1, 0.15) is 0 Å². The summed E-state index contributed by atoms with van der Waals surface area (Å²) in [7, 11) is 0. The molecule has 36 valence electrons. The molecule has 0 aromatic carbocycles. The van der Waals surface area contributed by atoms with Crippen molar-refractivity contribution < 1.29 is 8.76 Å². The van der Waals surface area contributed by atoms with Crippen molar-refractivity contribution in [2.75, 3.05) is 0 Å². The highest BCUT2D eigenvalue weighted by molar-refractivity contribution is 7.83. The third kappa shape index (κ3) is 2.11. The molecule has 0 saturated heterocycles. The molecule has 3 heteroatoms. The largest absolute Gasteiger partial charge is 0.303 e. The van der Waals surface area contributed by atoms with E-state index in [0.29, 0.717) is 0 Å². The Morgan fingerprint density at radius 1 is 2.00 bits per heavy atom. The van der Waals surface area contributed by atoms with E-state index in [-0.39, 0.29) is 4.91 Å². The number of allylic oxidation sites excluding steroid dienone is 1. The van der Waals surface area contributed by atoms with Gasteiger partial charge in [0.2, 0.25) is 0 Å². The molecule has 0 radical (unpaired) electrons. The molecule has 0 spiro atoms. The van der Waals surface area contributed by atoms with Crippen LogP contribution in [-0.4, -0.2) is 8.76 Å². The number of hydrogen-bond donors (Lipinski definition) is 1. The maximum Gasteiger partial charge on any atom is 0.181 e. The molecule has 0 heterocycles. The normalized spacial score (nSPS) is 13.7. The van der Waals surface area contributed by atoms with E-state index in [0.717, 1.165) is 0 Å². The Kier molecular flexibility index (Phi) is 2.05. The molecule has 0 rings (SSSR count). The summed E-state index contributed by atoms with van der Waals surface area (Å²) in [5, 5.41) is 0. The van der Waals surface area contributed by atoms with E-state index >= 15 is 0 Å². The Bertz CT molecular complexity index is 74.8. The topological polar surface area (TPSA) is 37.3 Å². The van der Waals surface area contributed by atoms with Crippen LogP contribution in [0.4, 0.5) is 0 Å². The smallest absolute Gasteiger partial charge is 0.181 e. The monoisotopic (exact) mass is 106 g/mol. The van der Waals surface area contributed by atoms with E-state index in [1.165, 1.54) is 6.92 Å². The van der Waals surface area contributed by atoms with Gasteiger partial charge in [-0.15, -0.1) is 0 Å². The van der Waals surface area contributed by atoms with E-state index in [2.05, 4.69) is 6.58 Å². The lowest BCUT2D eigenvalue weighted by Gasteiger charge is -1.81. The molecule has 6 heavy (non-hydrogen) atoms. The van der Waals surface area contributed by atoms with Gasteiger partial charge in [0.15, 0.2) is 11.1 Å². The van der Waals surface area contributed by atoms with Gasteiger partial charge in [0.05, 0.1) is 0 Å². The molecule has 0 bridgehead atoms. The third-order valence-corrected chi connectivity index (χ3v) is 0.894. The van der Waals surface area contributed by atoms with Gasteiger partial charge in [0.25, 0.3) is 0 Å². The van der Waals surface area contributed by atoms with Crippen LogP contribution in [0, 0.1) is 0 Å². The van der Waals surface area contributed by atoms with Crippen LogP contribution in [0.3, 0.4) is 0 Å². The molecule has 0 amide bonds. The summed E-state index contributed by atoms with van der Waals surface area (Å²) in [6.45, 7) is 4.70. The fourth-order valence-electron chi connectivity index (χ4n) is 0. The molecule has 0 aromatic heterocycles. The SMILES string of the molecule is C=C(C)S(=O)O. The van der Waals surface area contributed by atoms with E-state index in [1.54, 1.807) is 0 Å². The molecule has 0 fully saturated rings. The van der Waals surface area contributed by atoms with Crippen molar-refractivity contribution in [2.45, 2.75) is 6.92 Å². The van der Waals surface area contributed by atoms with Crippen molar-refractivity contribution in [3.05, 3.63) is 11.5 Å². The van der Waals surface area contributed by atoms with Crippen molar-refractivity contribution in [3.8, 4) is 0 Å². The van der Waals surface area contributed by atoms with Crippen LogP contribution in [0.25, 0.3) is 0 Å². The predicted octanol–water partition coefficient (Wildman–Crippen LogP) is 0.742. The van der Waals surface area contributed by atoms with E-state index in [1.807, 2.05) is 0 Å². The summed E-state index contributed by atoms with van der Waals surface area (Å²) in [5.41, 5.74) is 0. The van der Waals surface area contributed by atoms with Gasteiger partial charge in [-0.05, 0) is 6.92 Å². The minimum absolute atomic E-state index is 0.287. The van der Waals surface area contributed by atoms with Crippen LogP contribution < -0.4 is 0 Å². The molecule has 0 aliphatic carbocycles. The zero-order chi connectivity index (χ0) is 5.15. The maximum atomic E-state index is 9.71. The van der Waals surface area contributed by atoms with Crippen molar-refractivity contribution in [3.63, 3.8) is 0 Å². The number of rotatable bonds is 1. The van der Waals surface area contributed by atoms with E-state index < -0.39 is 11.1 Å². The summed E-state index contributed by atoms with van der Waals surface area (Å²) < 4.78 is 17.7. The molecule has 1 N–H and O–H groups in total. The zero-order valence-corrected chi connectivity index (χ0v) is 4.29. The first-order chi connectivity index (χ1) is 2.64. The molecule has 0 aliphatic heterocycles. The molecular formula is C3H6O2S. The fourth-order valence-corrected chi connectivity index (χ4v) is 0. The highest BCUT2D eigenvalue weighted by Gasteiger charge is 1.86. The van der Waals surface area contributed by atoms with Crippen LogP contribution in [0.1, 0.15) is 6.92 Å². The molecule has 0 aliphatic rings. The Hall–Kier alpha value is -0.150. The van der Waals surface area contributed by atoms with Gasteiger partial charge >= 0.3 is 0 Å². The minimum Gasteiger partial charge on any atom is -0.303 e. The van der Waals surface area contributed by atoms with Crippen molar-refractivity contribution >= 4 is 11.1 Å². The summed E-state index contributed by atoms with van der Waals surface area (Å²) in [6, 6.07) is 0. The zero-order valence-electron chi connectivity index (χ0n) is 3.47. The first kappa shape index (κ1) is 5.85. The van der Waals surface area contributed by atoms with Gasteiger partial charge in [-0.2, -0.15) is 0 Å². The van der Waals surface area contributed by atoms with Gasteiger partial charge in [0, 0.05) is 4.91 Å². The standard InChI is InChI=1S/C3H6O2S/c1-3(2)6(4)5/h1H2,2H3,(H,4,5). The summed E-state index contributed by atoms with van der Waals surface area (Å²) in [5.74, 6) is 0. The molecule has 1 atom stereocenters. The number of hydrogen-bond acceptors (Lipinski definition) is 1. The molecule has 0 aromatic rings. The lowest BCUT2D eigenvalue weighted by Crippen LogP contribution is -1.82. The van der Waals surface area contributed by atoms with Gasteiger partial charge in [-0.1, -0.05) is 6.58 Å². The predicted molar refractivity (Wildman–Crippen MR) is 25.6 cm³/mol. The second-order valence-electron chi connectivity index (χ2n) is 0.951. The highest BCUT2D eigenvalue weighted by atomic mass is 32.2. The van der Waals surface area contributed by atoms with Gasteiger partial charge in [-0.3, -0.25) is 0 Å². The Balaban J connectivity index is 3.57. The van der Waals surface area contributed by atoms with Crippen LogP contribution in [-0.2, 0) is 11.1 Å². The van der Waals surface area contributed by atoms with Crippen LogP contribution >= 0.6 is 0 Å². The summed E-state index contributed by atoms with van der Waals surface area (Å²) in [6.07, 6.45) is 0. The Morgan fingerprint density at radius 2 is 2.17 bits per heavy atom. The molecule has 0 saturated carbocycles. The van der Waals surface area contributed by atoms with Gasteiger partial charge < -0.3 is 4.55 Å². The Labute approximate surface area is 39.2 Å². The van der Waals surface area contributed by atoms with E-state index in [4.69, 9.17) is 4.55 Å². The van der Waals surface area contributed by atoms with Crippen molar-refractivity contribution in [2.24, 2.45) is 0 Å². The third-order valence-electron chi connectivity index (χ3n) is 0.298. The fraction of sp³-hybridized carbons (Fsp3) is 0.333. The second kappa shape index (κ2) is 2.10. The summed E-state index contributed by atoms with van der Waals surface area (Å²) in [4.78, 5) is 0.287. The quantitative estimate of drug-likeness (QED) is 0.500. The lowest BCUT2D eigenvalue weighted by molar-refractivity contribution is 0.571. The molecule has 2 nitrogen and oxygen atoms in total. The summed E-state index contributed by atoms with van der Waals surface area (Å²) >= 11 is -1.81. The van der Waals surface area contributed by atoms with E-state index in [9.17, 15) is 4.21 Å². The first-order valence-electron chi connectivity index (χ1n) is 1.41.